The van der Waals surface area contributed by atoms with Crippen molar-refractivity contribution in [2.45, 2.75) is 77.7 Å². The Bertz CT molecular complexity index is 172. The first-order chi connectivity index (χ1) is 6.86. The van der Waals surface area contributed by atoms with Crippen molar-refractivity contribution in [3.05, 3.63) is 0 Å². The molecule has 82 valence electrons. The van der Waals surface area contributed by atoms with Gasteiger partial charge in [0.2, 0.25) is 0 Å². The summed E-state index contributed by atoms with van der Waals surface area (Å²) in [6.45, 7) is 4.50. The lowest BCUT2D eigenvalue weighted by Gasteiger charge is -2.05. The Morgan fingerprint density at radius 3 is 2.57 bits per heavy atom. The van der Waals surface area contributed by atoms with E-state index in [1.54, 1.807) is 0 Å². The fraction of sp³-hybridized carbons (Fsp3) is 0.923. The van der Waals surface area contributed by atoms with Crippen LogP contribution in [-0.4, -0.2) is 11.8 Å². The Balaban J connectivity index is 2.00. The van der Waals surface area contributed by atoms with Crippen LogP contribution in [0.1, 0.15) is 71.6 Å². The smallest absolute Gasteiger partial charge is 0.0502 e. The van der Waals surface area contributed by atoms with Crippen molar-refractivity contribution < 1.29 is 0 Å². The molecule has 0 aromatic heterocycles. The first-order valence-electron chi connectivity index (χ1n) is 6.42. The number of hydrogen-bond acceptors (Lipinski definition) is 1. The van der Waals surface area contributed by atoms with Gasteiger partial charge in [-0.05, 0) is 25.7 Å². The molecule has 1 heteroatoms. The summed E-state index contributed by atoms with van der Waals surface area (Å²) in [7, 11) is 0. The lowest BCUT2D eigenvalue weighted by molar-refractivity contribution is 0.541. The lowest BCUT2D eigenvalue weighted by atomic mass is 10.0. The van der Waals surface area contributed by atoms with E-state index in [1.165, 1.54) is 63.5 Å². The summed E-state index contributed by atoms with van der Waals surface area (Å²) in [5, 5.41) is 0. The first-order valence-corrected chi connectivity index (χ1v) is 6.42. The quantitative estimate of drug-likeness (QED) is 0.535. The van der Waals surface area contributed by atoms with Crippen molar-refractivity contribution in [1.82, 2.24) is 0 Å². The molecule has 14 heavy (non-hydrogen) atoms. The molecule has 0 spiro atoms. The lowest BCUT2D eigenvalue weighted by Crippen LogP contribution is -1.98. The minimum absolute atomic E-state index is 0.687. The van der Waals surface area contributed by atoms with Gasteiger partial charge in [0, 0.05) is 5.71 Å². The molecule has 0 aromatic rings. The van der Waals surface area contributed by atoms with Crippen LogP contribution in [0.5, 0.6) is 0 Å². The van der Waals surface area contributed by atoms with Crippen LogP contribution in [0.25, 0.3) is 0 Å². The molecule has 1 unspecified atom stereocenters. The molecule has 0 bridgehead atoms. The van der Waals surface area contributed by atoms with E-state index in [-0.39, 0.29) is 0 Å². The van der Waals surface area contributed by atoms with Gasteiger partial charge in [0.25, 0.3) is 0 Å². The predicted octanol–water partition coefficient (Wildman–Crippen LogP) is 4.36. The molecule has 1 aliphatic heterocycles. The van der Waals surface area contributed by atoms with Crippen LogP contribution in [0.4, 0.5) is 0 Å². The Morgan fingerprint density at radius 2 is 1.93 bits per heavy atom. The molecule has 0 aromatic carbocycles. The Labute approximate surface area is 89.0 Å². The van der Waals surface area contributed by atoms with E-state index in [2.05, 4.69) is 13.8 Å². The van der Waals surface area contributed by atoms with Crippen LogP contribution in [-0.2, 0) is 0 Å². The molecule has 0 aliphatic carbocycles. The third kappa shape index (κ3) is 4.26. The average molecular weight is 195 g/mol. The maximum absolute atomic E-state index is 4.74. The Hall–Kier alpha value is -0.330. The van der Waals surface area contributed by atoms with Gasteiger partial charge in [-0.2, -0.15) is 0 Å². The second kappa shape index (κ2) is 7.03. The second-order valence-electron chi connectivity index (χ2n) is 4.44. The van der Waals surface area contributed by atoms with Gasteiger partial charge in [-0.1, -0.05) is 46.0 Å². The molecular weight excluding hydrogens is 170 g/mol. The fourth-order valence-corrected chi connectivity index (χ4v) is 2.18. The van der Waals surface area contributed by atoms with Crippen molar-refractivity contribution in [1.29, 1.82) is 0 Å². The summed E-state index contributed by atoms with van der Waals surface area (Å²) in [5.41, 5.74) is 1.46. The minimum atomic E-state index is 0.687. The third-order valence-electron chi connectivity index (χ3n) is 3.18. The van der Waals surface area contributed by atoms with Crippen molar-refractivity contribution in [2.75, 3.05) is 0 Å². The third-order valence-corrected chi connectivity index (χ3v) is 3.18. The number of hydrogen-bond donors (Lipinski definition) is 0. The van der Waals surface area contributed by atoms with E-state index in [4.69, 9.17) is 4.99 Å². The SMILES string of the molecule is CCCCCCCC1CCC(CC)=N1. The molecule has 0 fully saturated rings. The van der Waals surface area contributed by atoms with Gasteiger partial charge in [-0.15, -0.1) is 0 Å². The monoisotopic (exact) mass is 195 g/mol. The minimum Gasteiger partial charge on any atom is -0.291 e. The van der Waals surface area contributed by atoms with Crippen LogP contribution in [0, 0.1) is 0 Å². The molecule has 0 amide bonds. The molecule has 1 rings (SSSR count). The predicted molar refractivity (Wildman–Crippen MR) is 64.1 cm³/mol. The van der Waals surface area contributed by atoms with Crippen LogP contribution >= 0.6 is 0 Å². The van der Waals surface area contributed by atoms with Crippen LogP contribution in [0.2, 0.25) is 0 Å². The molecule has 1 atom stereocenters. The normalized spacial score (nSPS) is 21.3. The molecule has 0 saturated heterocycles. The van der Waals surface area contributed by atoms with Gasteiger partial charge in [-0.3, -0.25) is 4.99 Å². The van der Waals surface area contributed by atoms with Gasteiger partial charge in [0.1, 0.15) is 0 Å². The highest BCUT2D eigenvalue weighted by atomic mass is 14.8. The fourth-order valence-electron chi connectivity index (χ4n) is 2.18. The summed E-state index contributed by atoms with van der Waals surface area (Å²) in [6.07, 6.45) is 12.1. The average Bonchev–Trinajstić information content (AvgIpc) is 2.65. The maximum Gasteiger partial charge on any atom is 0.0502 e. The summed E-state index contributed by atoms with van der Waals surface area (Å²) in [4.78, 5) is 4.74. The first kappa shape index (κ1) is 11.7. The molecule has 0 radical (unpaired) electrons. The van der Waals surface area contributed by atoms with E-state index in [1.807, 2.05) is 0 Å². The Morgan fingerprint density at radius 1 is 1.14 bits per heavy atom. The van der Waals surface area contributed by atoms with Crippen LogP contribution < -0.4 is 0 Å². The number of nitrogens with zero attached hydrogens (tertiary/aromatic N) is 1. The summed E-state index contributed by atoms with van der Waals surface area (Å²) >= 11 is 0. The zero-order chi connectivity index (χ0) is 10.2. The van der Waals surface area contributed by atoms with Gasteiger partial charge in [-0.25, -0.2) is 0 Å². The van der Waals surface area contributed by atoms with E-state index in [9.17, 15) is 0 Å². The summed E-state index contributed by atoms with van der Waals surface area (Å²) in [6, 6.07) is 0.687. The molecule has 0 N–H and O–H groups in total. The van der Waals surface area contributed by atoms with Crippen molar-refractivity contribution in [2.24, 2.45) is 4.99 Å². The van der Waals surface area contributed by atoms with E-state index in [0.29, 0.717) is 6.04 Å². The van der Waals surface area contributed by atoms with E-state index >= 15 is 0 Å². The summed E-state index contributed by atoms with van der Waals surface area (Å²) < 4.78 is 0. The number of rotatable bonds is 7. The topological polar surface area (TPSA) is 12.4 Å². The van der Waals surface area contributed by atoms with Crippen molar-refractivity contribution in [3.63, 3.8) is 0 Å². The standard InChI is InChI=1S/C13H25N/c1-3-5-6-7-8-9-13-11-10-12(4-2)14-13/h13H,3-11H2,1-2H3. The van der Waals surface area contributed by atoms with Gasteiger partial charge < -0.3 is 0 Å². The van der Waals surface area contributed by atoms with Crippen LogP contribution in [0.15, 0.2) is 4.99 Å². The molecule has 1 nitrogen and oxygen atoms in total. The zero-order valence-corrected chi connectivity index (χ0v) is 9.89. The molecular formula is C13H25N. The van der Waals surface area contributed by atoms with Crippen LogP contribution in [0.3, 0.4) is 0 Å². The maximum atomic E-state index is 4.74. The van der Waals surface area contributed by atoms with Crippen molar-refractivity contribution >= 4 is 5.71 Å². The van der Waals surface area contributed by atoms with E-state index < -0.39 is 0 Å². The van der Waals surface area contributed by atoms with Gasteiger partial charge >= 0.3 is 0 Å². The highest BCUT2D eigenvalue weighted by Crippen LogP contribution is 2.20. The highest BCUT2D eigenvalue weighted by Gasteiger charge is 2.14. The highest BCUT2D eigenvalue weighted by molar-refractivity contribution is 5.85. The van der Waals surface area contributed by atoms with Gasteiger partial charge in [0.05, 0.1) is 6.04 Å². The van der Waals surface area contributed by atoms with E-state index in [0.717, 1.165) is 0 Å². The second-order valence-corrected chi connectivity index (χ2v) is 4.44. The number of unbranched alkanes of at least 4 members (excludes halogenated alkanes) is 4. The number of aliphatic imine (C=N–C) groups is 1. The van der Waals surface area contributed by atoms with Crippen molar-refractivity contribution in [3.8, 4) is 0 Å². The zero-order valence-electron chi connectivity index (χ0n) is 9.89. The van der Waals surface area contributed by atoms with Gasteiger partial charge in [0.15, 0.2) is 0 Å². The summed E-state index contributed by atoms with van der Waals surface area (Å²) in [5.74, 6) is 0. The largest absolute Gasteiger partial charge is 0.291 e. The molecule has 1 heterocycles. The Kier molecular flexibility index (Phi) is 5.89. The molecule has 0 saturated carbocycles. The molecule has 1 aliphatic rings.